The minimum Gasteiger partial charge on any atom is -0.252 e. The van der Waals surface area contributed by atoms with Gasteiger partial charge in [0.05, 0.1) is 5.69 Å². The molecular weight excluding hydrogens is 210 g/mol. The van der Waals surface area contributed by atoms with E-state index in [1.54, 1.807) is 0 Å². The smallest absolute Gasteiger partial charge is 0.0827 e. The predicted molar refractivity (Wildman–Crippen MR) is 61.0 cm³/mol. The topological polar surface area (TPSA) is 30.7 Å². The van der Waals surface area contributed by atoms with Crippen LogP contribution in [0, 0.1) is 5.92 Å². The van der Waals surface area contributed by atoms with Crippen molar-refractivity contribution in [3.63, 3.8) is 0 Å². The van der Waals surface area contributed by atoms with Gasteiger partial charge in [-0.2, -0.15) is 0 Å². The number of hydrogen-bond donors (Lipinski definition) is 0. The molecule has 0 atom stereocenters. The van der Waals surface area contributed by atoms with Gasteiger partial charge in [0.25, 0.3) is 0 Å². The third kappa shape index (κ3) is 3.20. The standard InChI is InChI=1S/C11H18ClN3/c12-7-3-6-11-9-15(14-13-11)8-10-4-1-2-5-10/h9-10H,1-8H2. The summed E-state index contributed by atoms with van der Waals surface area (Å²) in [5.74, 6) is 1.53. The van der Waals surface area contributed by atoms with Crippen molar-refractivity contribution in [2.24, 2.45) is 5.92 Å². The number of aromatic nitrogens is 3. The maximum Gasteiger partial charge on any atom is 0.0827 e. The average molecular weight is 228 g/mol. The van der Waals surface area contributed by atoms with Gasteiger partial charge in [0.15, 0.2) is 0 Å². The maximum atomic E-state index is 5.64. The van der Waals surface area contributed by atoms with Crippen LogP contribution in [0.1, 0.15) is 37.8 Å². The Morgan fingerprint density at radius 1 is 1.40 bits per heavy atom. The van der Waals surface area contributed by atoms with Gasteiger partial charge in [-0.3, -0.25) is 4.68 Å². The fourth-order valence-electron chi connectivity index (χ4n) is 2.25. The molecule has 1 heterocycles. The van der Waals surface area contributed by atoms with Crippen LogP contribution in [0.2, 0.25) is 0 Å². The summed E-state index contributed by atoms with van der Waals surface area (Å²) in [4.78, 5) is 0. The summed E-state index contributed by atoms with van der Waals surface area (Å²) >= 11 is 5.64. The number of rotatable bonds is 5. The second-order valence-electron chi connectivity index (χ2n) is 4.37. The highest BCUT2D eigenvalue weighted by Crippen LogP contribution is 2.25. The molecule has 15 heavy (non-hydrogen) atoms. The van der Waals surface area contributed by atoms with Gasteiger partial charge in [-0.1, -0.05) is 18.1 Å². The fraction of sp³-hybridized carbons (Fsp3) is 0.818. The second kappa shape index (κ2) is 5.50. The van der Waals surface area contributed by atoms with E-state index in [4.69, 9.17) is 11.6 Å². The monoisotopic (exact) mass is 227 g/mol. The number of aryl methyl sites for hydroxylation is 1. The third-order valence-corrected chi connectivity index (χ3v) is 3.34. The molecule has 1 saturated carbocycles. The molecule has 0 radical (unpaired) electrons. The summed E-state index contributed by atoms with van der Waals surface area (Å²) in [5, 5.41) is 8.31. The van der Waals surface area contributed by atoms with Crippen LogP contribution in [-0.2, 0) is 13.0 Å². The molecule has 4 heteroatoms. The van der Waals surface area contributed by atoms with Gasteiger partial charge in [-0.05, 0) is 31.6 Å². The van der Waals surface area contributed by atoms with Crippen molar-refractivity contribution in [1.29, 1.82) is 0 Å². The van der Waals surface area contributed by atoms with Crippen molar-refractivity contribution in [3.05, 3.63) is 11.9 Å². The molecule has 0 aliphatic heterocycles. The van der Waals surface area contributed by atoms with Crippen molar-refractivity contribution >= 4 is 11.6 Å². The third-order valence-electron chi connectivity index (χ3n) is 3.07. The Balaban J connectivity index is 1.83. The van der Waals surface area contributed by atoms with Crippen molar-refractivity contribution in [3.8, 4) is 0 Å². The molecule has 2 rings (SSSR count). The Kier molecular flexibility index (Phi) is 4.01. The zero-order valence-corrected chi connectivity index (χ0v) is 9.79. The molecule has 0 N–H and O–H groups in total. The first kappa shape index (κ1) is 10.9. The summed E-state index contributed by atoms with van der Waals surface area (Å²) < 4.78 is 2.00. The van der Waals surface area contributed by atoms with Gasteiger partial charge >= 0.3 is 0 Å². The molecule has 84 valence electrons. The van der Waals surface area contributed by atoms with Gasteiger partial charge in [0.1, 0.15) is 0 Å². The summed E-state index contributed by atoms with van der Waals surface area (Å²) in [6.45, 7) is 1.05. The highest BCUT2D eigenvalue weighted by molar-refractivity contribution is 6.17. The predicted octanol–water partition coefficient (Wildman–Crippen LogP) is 2.64. The minimum absolute atomic E-state index is 0.704. The van der Waals surface area contributed by atoms with Crippen LogP contribution < -0.4 is 0 Å². The number of halogens is 1. The Morgan fingerprint density at radius 2 is 2.20 bits per heavy atom. The zero-order chi connectivity index (χ0) is 10.5. The Hall–Kier alpha value is -0.570. The van der Waals surface area contributed by atoms with E-state index in [0.717, 1.165) is 31.0 Å². The Morgan fingerprint density at radius 3 is 2.93 bits per heavy atom. The molecule has 1 aromatic heterocycles. The molecule has 0 saturated heterocycles. The lowest BCUT2D eigenvalue weighted by Crippen LogP contribution is -2.07. The molecule has 1 aliphatic rings. The van der Waals surface area contributed by atoms with Crippen molar-refractivity contribution < 1.29 is 0 Å². The van der Waals surface area contributed by atoms with Crippen molar-refractivity contribution in [2.75, 3.05) is 5.88 Å². The van der Waals surface area contributed by atoms with E-state index in [1.807, 2.05) is 4.68 Å². The van der Waals surface area contributed by atoms with Crippen LogP contribution in [0.15, 0.2) is 6.20 Å². The van der Waals surface area contributed by atoms with Crippen LogP contribution in [-0.4, -0.2) is 20.9 Å². The lowest BCUT2D eigenvalue weighted by atomic mass is 10.1. The molecule has 3 nitrogen and oxygen atoms in total. The molecule has 0 aromatic carbocycles. The SMILES string of the molecule is ClCCCc1cn(CC2CCCC2)nn1. The van der Waals surface area contributed by atoms with E-state index in [-0.39, 0.29) is 0 Å². The molecule has 1 aromatic rings. The van der Waals surface area contributed by atoms with Gasteiger partial charge in [-0.15, -0.1) is 16.7 Å². The van der Waals surface area contributed by atoms with Gasteiger partial charge < -0.3 is 0 Å². The Labute approximate surface area is 95.8 Å². The summed E-state index contributed by atoms with van der Waals surface area (Å²) in [5.41, 5.74) is 1.08. The normalized spacial score (nSPS) is 17.4. The Bertz CT molecular complexity index is 292. The largest absolute Gasteiger partial charge is 0.252 e. The molecule has 1 fully saturated rings. The second-order valence-corrected chi connectivity index (χ2v) is 4.75. The lowest BCUT2D eigenvalue weighted by Gasteiger charge is -2.06. The van der Waals surface area contributed by atoms with Crippen LogP contribution in [0.3, 0.4) is 0 Å². The van der Waals surface area contributed by atoms with E-state index in [0.29, 0.717) is 5.88 Å². The first-order valence-corrected chi connectivity index (χ1v) is 6.37. The molecular formula is C11H18ClN3. The van der Waals surface area contributed by atoms with Crippen LogP contribution in [0.5, 0.6) is 0 Å². The molecule has 0 unspecified atom stereocenters. The van der Waals surface area contributed by atoms with Gasteiger partial charge in [0.2, 0.25) is 0 Å². The molecule has 0 spiro atoms. The maximum absolute atomic E-state index is 5.64. The highest BCUT2D eigenvalue weighted by atomic mass is 35.5. The first-order chi connectivity index (χ1) is 7.38. The minimum atomic E-state index is 0.704. The molecule has 0 amide bonds. The lowest BCUT2D eigenvalue weighted by molar-refractivity contribution is 0.421. The zero-order valence-electron chi connectivity index (χ0n) is 9.03. The molecule has 0 bridgehead atoms. The van der Waals surface area contributed by atoms with E-state index >= 15 is 0 Å². The average Bonchev–Trinajstić information content (AvgIpc) is 2.87. The molecule has 1 aliphatic carbocycles. The number of nitrogens with zero attached hydrogens (tertiary/aromatic N) is 3. The fourth-order valence-corrected chi connectivity index (χ4v) is 2.38. The van der Waals surface area contributed by atoms with E-state index in [1.165, 1.54) is 25.7 Å². The van der Waals surface area contributed by atoms with E-state index in [9.17, 15) is 0 Å². The van der Waals surface area contributed by atoms with Crippen molar-refractivity contribution in [2.45, 2.75) is 45.1 Å². The summed E-state index contributed by atoms with van der Waals surface area (Å²) in [6, 6.07) is 0. The summed E-state index contributed by atoms with van der Waals surface area (Å²) in [6.07, 6.45) is 9.51. The number of hydrogen-bond acceptors (Lipinski definition) is 2. The highest BCUT2D eigenvalue weighted by Gasteiger charge is 2.15. The van der Waals surface area contributed by atoms with E-state index in [2.05, 4.69) is 16.5 Å². The van der Waals surface area contributed by atoms with Crippen LogP contribution >= 0.6 is 11.6 Å². The van der Waals surface area contributed by atoms with Gasteiger partial charge in [-0.25, -0.2) is 0 Å². The van der Waals surface area contributed by atoms with Crippen LogP contribution in [0.25, 0.3) is 0 Å². The van der Waals surface area contributed by atoms with E-state index < -0.39 is 0 Å². The number of alkyl halides is 1. The van der Waals surface area contributed by atoms with Crippen LogP contribution in [0.4, 0.5) is 0 Å². The van der Waals surface area contributed by atoms with Gasteiger partial charge in [0, 0.05) is 18.6 Å². The summed E-state index contributed by atoms with van der Waals surface area (Å²) in [7, 11) is 0. The quantitative estimate of drug-likeness (QED) is 0.725. The first-order valence-electron chi connectivity index (χ1n) is 5.83. The van der Waals surface area contributed by atoms with Crippen molar-refractivity contribution in [1.82, 2.24) is 15.0 Å².